The largest absolute Gasteiger partial charge is 0.348 e. The molecule has 0 amide bonds. The highest BCUT2D eigenvalue weighted by Gasteiger charge is 2.19. The quantitative estimate of drug-likeness (QED) is 0.376. The van der Waals surface area contributed by atoms with Crippen molar-refractivity contribution in [2.75, 3.05) is 0 Å². The van der Waals surface area contributed by atoms with Crippen LogP contribution in [-0.4, -0.2) is 3.80 Å². The molecule has 1 aliphatic heterocycles. The van der Waals surface area contributed by atoms with Gasteiger partial charge in [0.2, 0.25) is 3.80 Å². The summed E-state index contributed by atoms with van der Waals surface area (Å²) in [6, 6.07) is 0. The molecule has 0 saturated heterocycles. The van der Waals surface area contributed by atoms with Crippen LogP contribution in [0.2, 0.25) is 0 Å². The summed E-state index contributed by atoms with van der Waals surface area (Å²) in [5, 5.41) is 2.51. The summed E-state index contributed by atoms with van der Waals surface area (Å²) in [7, 11) is 0. The smallest absolute Gasteiger partial charge is 0.249 e. The Morgan fingerprint density at radius 3 is 2.50 bits per heavy atom. The number of halogens is 2. The minimum atomic E-state index is -1.37. The van der Waals surface area contributed by atoms with Crippen molar-refractivity contribution in [1.82, 2.24) is 5.32 Å². The summed E-state index contributed by atoms with van der Waals surface area (Å²) < 4.78 is 11.2. The maximum absolute atomic E-state index is 12.6. The number of rotatable bonds is 0. The molecule has 3 heteroatoms. The molecule has 44 valence electrons. The lowest BCUT2D eigenvalue weighted by molar-refractivity contribution is 0.343. The van der Waals surface area contributed by atoms with E-state index < -0.39 is 3.80 Å². The molecule has 0 aromatic heterocycles. The Labute approximate surface area is 60.8 Å². The molecule has 1 unspecified atom stereocenters. The number of allylic oxidation sites excluding steroid dienone is 2. The second kappa shape index (κ2) is 2.05. The standard InChI is InChI=1S/C5H5FIN/c6-5(7)3-1-2-4-8-5/h1-4,8H. The average molecular weight is 225 g/mol. The predicted molar refractivity (Wildman–Crippen MR) is 39.3 cm³/mol. The van der Waals surface area contributed by atoms with E-state index in [0.29, 0.717) is 0 Å². The molecule has 1 heterocycles. The van der Waals surface area contributed by atoms with E-state index in [4.69, 9.17) is 0 Å². The maximum Gasteiger partial charge on any atom is 0.249 e. The van der Waals surface area contributed by atoms with Crippen LogP contribution in [0.4, 0.5) is 4.39 Å². The molecule has 8 heavy (non-hydrogen) atoms. The number of alkyl halides is 2. The van der Waals surface area contributed by atoms with Crippen molar-refractivity contribution in [1.29, 1.82) is 0 Å². The molecule has 0 spiro atoms. The summed E-state index contributed by atoms with van der Waals surface area (Å²) in [4.78, 5) is 0. The summed E-state index contributed by atoms with van der Waals surface area (Å²) in [6.45, 7) is 0. The van der Waals surface area contributed by atoms with Crippen LogP contribution >= 0.6 is 22.6 Å². The van der Waals surface area contributed by atoms with Gasteiger partial charge in [-0.2, -0.15) is 0 Å². The third-order valence-corrected chi connectivity index (χ3v) is 1.46. The van der Waals surface area contributed by atoms with Crippen molar-refractivity contribution in [3.63, 3.8) is 0 Å². The normalized spacial score (nSPS) is 34.8. The second-order valence-electron chi connectivity index (χ2n) is 1.49. The van der Waals surface area contributed by atoms with Crippen molar-refractivity contribution in [2.24, 2.45) is 0 Å². The molecule has 0 radical (unpaired) electrons. The zero-order valence-electron chi connectivity index (χ0n) is 4.07. The van der Waals surface area contributed by atoms with Gasteiger partial charge in [0.1, 0.15) is 0 Å². The topological polar surface area (TPSA) is 12.0 Å². The lowest BCUT2D eigenvalue weighted by Crippen LogP contribution is -2.28. The monoisotopic (exact) mass is 225 g/mol. The summed E-state index contributed by atoms with van der Waals surface area (Å²) in [5.41, 5.74) is 0. The molecular weight excluding hydrogens is 220 g/mol. The molecule has 1 nitrogen and oxygen atoms in total. The zero-order chi connectivity index (χ0) is 6.04. The molecule has 0 fully saturated rings. The Morgan fingerprint density at radius 1 is 1.50 bits per heavy atom. The van der Waals surface area contributed by atoms with Crippen molar-refractivity contribution in [3.05, 3.63) is 24.4 Å². The lowest BCUT2D eigenvalue weighted by Gasteiger charge is -2.15. The fraction of sp³-hybridized carbons (Fsp3) is 0.200. The highest BCUT2D eigenvalue weighted by Crippen LogP contribution is 2.20. The van der Waals surface area contributed by atoms with Crippen LogP contribution in [0.15, 0.2) is 24.4 Å². The molecule has 0 saturated carbocycles. The Bertz CT molecular complexity index is 139. The van der Waals surface area contributed by atoms with Crippen LogP contribution in [0.5, 0.6) is 0 Å². The highest BCUT2D eigenvalue weighted by molar-refractivity contribution is 14.1. The van der Waals surface area contributed by atoms with Crippen molar-refractivity contribution >= 4 is 22.6 Å². The van der Waals surface area contributed by atoms with Gasteiger partial charge < -0.3 is 5.32 Å². The van der Waals surface area contributed by atoms with Crippen molar-refractivity contribution < 1.29 is 4.39 Å². The van der Waals surface area contributed by atoms with E-state index in [1.807, 2.05) is 0 Å². The van der Waals surface area contributed by atoms with Crippen LogP contribution in [0.25, 0.3) is 0 Å². The second-order valence-corrected chi connectivity index (χ2v) is 3.06. The molecule has 1 rings (SSSR count). The molecule has 1 N–H and O–H groups in total. The van der Waals surface area contributed by atoms with Gasteiger partial charge in [-0.1, -0.05) is 6.08 Å². The van der Waals surface area contributed by atoms with E-state index in [1.165, 1.54) is 6.08 Å². The zero-order valence-corrected chi connectivity index (χ0v) is 6.22. The molecular formula is C5H5FIN. The molecule has 1 aliphatic rings. The Hall–Kier alpha value is -0.0600. The van der Waals surface area contributed by atoms with Gasteiger partial charge in [-0.05, 0) is 34.7 Å². The summed E-state index contributed by atoms with van der Waals surface area (Å²) in [6.07, 6.45) is 6.44. The first kappa shape index (κ1) is 6.07. The van der Waals surface area contributed by atoms with Gasteiger partial charge >= 0.3 is 0 Å². The molecule has 0 aromatic carbocycles. The van der Waals surface area contributed by atoms with E-state index in [1.54, 1.807) is 40.9 Å². The first-order chi connectivity index (χ1) is 3.71. The van der Waals surface area contributed by atoms with Gasteiger partial charge in [0.05, 0.1) is 0 Å². The minimum Gasteiger partial charge on any atom is -0.348 e. The van der Waals surface area contributed by atoms with Gasteiger partial charge in [-0.15, -0.1) is 0 Å². The van der Waals surface area contributed by atoms with Crippen LogP contribution in [0.3, 0.4) is 0 Å². The van der Waals surface area contributed by atoms with Crippen LogP contribution in [0, 0.1) is 0 Å². The van der Waals surface area contributed by atoms with Crippen LogP contribution in [-0.2, 0) is 0 Å². The first-order valence-corrected chi connectivity index (χ1v) is 3.28. The van der Waals surface area contributed by atoms with Gasteiger partial charge in [-0.3, -0.25) is 0 Å². The van der Waals surface area contributed by atoms with Gasteiger partial charge in [0.25, 0.3) is 0 Å². The van der Waals surface area contributed by atoms with Crippen LogP contribution < -0.4 is 5.32 Å². The van der Waals surface area contributed by atoms with Crippen molar-refractivity contribution in [2.45, 2.75) is 3.80 Å². The molecule has 0 bridgehead atoms. The van der Waals surface area contributed by atoms with E-state index >= 15 is 0 Å². The van der Waals surface area contributed by atoms with E-state index in [0.717, 1.165) is 0 Å². The third-order valence-electron chi connectivity index (χ3n) is 0.789. The van der Waals surface area contributed by atoms with E-state index in [9.17, 15) is 4.39 Å². The SMILES string of the molecule is FC1(I)C=CC=CN1. The highest BCUT2D eigenvalue weighted by atomic mass is 127. The number of hydrogen-bond donors (Lipinski definition) is 1. The Morgan fingerprint density at radius 2 is 2.25 bits per heavy atom. The van der Waals surface area contributed by atoms with Gasteiger partial charge in [-0.25, -0.2) is 4.39 Å². The number of hydrogen-bond acceptors (Lipinski definition) is 1. The third kappa shape index (κ3) is 1.47. The van der Waals surface area contributed by atoms with E-state index in [-0.39, 0.29) is 0 Å². The van der Waals surface area contributed by atoms with Gasteiger partial charge in [0, 0.05) is 6.20 Å². The Kier molecular flexibility index (Phi) is 1.55. The fourth-order valence-electron chi connectivity index (χ4n) is 0.439. The van der Waals surface area contributed by atoms with Crippen LogP contribution in [0.1, 0.15) is 0 Å². The summed E-state index contributed by atoms with van der Waals surface area (Å²) >= 11 is 1.68. The number of dihydropyridines is 1. The average Bonchev–Trinajstić information content (AvgIpc) is 1.65. The molecule has 0 aromatic rings. The molecule has 1 atom stereocenters. The van der Waals surface area contributed by atoms with Gasteiger partial charge in [0.15, 0.2) is 0 Å². The van der Waals surface area contributed by atoms with Crippen molar-refractivity contribution in [3.8, 4) is 0 Å². The first-order valence-electron chi connectivity index (χ1n) is 2.21. The lowest BCUT2D eigenvalue weighted by atomic mass is 10.4. The Balaban J connectivity index is 2.65. The summed E-state index contributed by atoms with van der Waals surface area (Å²) in [5.74, 6) is 0. The maximum atomic E-state index is 12.6. The van der Waals surface area contributed by atoms with E-state index in [2.05, 4.69) is 5.32 Å². The number of nitrogens with one attached hydrogen (secondary N) is 1. The molecule has 0 aliphatic carbocycles. The predicted octanol–water partition coefficient (Wildman–Crippen LogP) is 1.72. The minimum absolute atomic E-state index is 1.37. The fourth-order valence-corrected chi connectivity index (χ4v) is 0.827.